The van der Waals surface area contributed by atoms with E-state index in [4.69, 9.17) is 4.98 Å². The maximum Gasteiger partial charge on any atom is 0.0965 e. The topological polar surface area (TPSA) is 31.9 Å². The van der Waals surface area contributed by atoms with E-state index in [9.17, 15) is 0 Å². The molecule has 1 N–H and O–H groups in total. The first-order valence-electron chi connectivity index (χ1n) is 11.8. The van der Waals surface area contributed by atoms with Crippen LogP contribution in [-0.4, -0.2) is 29.0 Å². The van der Waals surface area contributed by atoms with Crippen LogP contribution in [-0.2, 0) is 12.0 Å². The van der Waals surface area contributed by atoms with Crippen molar-refractivity contribution in [2.45, 2.75) is 50.5 Å². The Hall–Kier alpha value is -2.43. The number of thiazole rings is 1. The number of aryl methyl sites for hydroxylation is 1. The molecular formula is C28H33N3S. The Labute approximate surface area is 195 Å². The first-order chi connectivity index (χ1) is 15.6. The minimum absolute atomic E-state index is 0.141. The lowest BCUT2D eigenvalue weighted by atomic mass is 9.68. The van der Waals surface area contributed by atoms with Crippen molar-refractivity contribution in [2.75, 3.05) is 14.1 Å². The van der Waals surface area contributed by atoms with Gasteiger partial charge in [0.1, 0.15) is 0 Å². The fraction of sp³-hybridized carbons (Fsp3) is 0.393. The number of fused-ring (bicyclic) bond motifs is 1. The van der Waals surface area contributed by atoms with Gasteiger partial charge in [-0.3, -0.25) is 4.90 Å². The average Bonchev–Trinajstić information content (AvgIpc) is 3.44. The molecule has 0 spiro atoms. The minimum Gasteiger partial charge on any atom is -0.361 e. The van der Waals surface area contributed by atoms with E-state index in [-0.39, 0.29) is 5.54 Å². The van der Waals surface area contributed by atoms with Crippen molar-refractivity contribution in [1.29, 1.82) is 0 Å². The quantitative estimate of drug-likeness (QED) is 0.351. The maximum absolute atomic E-state index is 4.97. The Morgan fingerprint density at radius 3 is 2.47 bits per heavy atom. The molecule has 1 fully saturated rings. The van der Waals surface area contributed by atoms with E-state index in [1.54, 1.807) is 0 Å². The molecule has 32 heavy (non-hydrogen) atoms. The molecule has 1 aliphatic carbocycles. The summed E-state index contributed by atoms with van der Waals surface area (Å²) in [5.74, 6) is 1.13. The summed E-state index contributed by atoms with van der Waals surface area (Å²) >= 11 is 1.85. The zero-order valence-corrected chi connectivity index (χ0v) is 20.2. The molecule has 0 amide bonds. The highest BCUT2D eigenvalue weighted by Crippen LogP contribution is 2.48. The van der Waals surface area contributed by atoms with Crippen LogP contribution in [0.15, 0.2) is 66.2 Å². The van der Waals surface area contributed by atoms with Gasteiger partial charge in [-0.2, -0.15) is 0 Å². The molecule has 3 nitrogen and oxygen atoms in total. The van der Waals surface area contributed by atoms with Crippen LogP contribution in [0.1, 0.15) is 53.4 Å². The summed E-state index contributed by atoms with van der Waals surface area (Å²) in [7, 11) is 4.50. The second kappa shape index (κ2) is 8.84. The fourth-order valence-electron chi connectivity index (χ4n) is 5.80. The lowest BCUT2D eigenvalue weighted by Gasteiger charge is -2.47. The first kappa shape index (κ1) is 21.4. The summed E-state index contributed by atoms with van der Waals surface area (Å²) in [5, 5.41) is 4.89. The Bertz CT molecular complexity index is 1170. The largest absolute Gasteiger partial charge is 0.361 e. The molecule has 1 unspecified atom stereocenters. The minimum atomic E-state index is 0.141. The van der Waals surface area contributed by atoms with Gasteiger partial charge in [0.25, 0.3) is 0 Å². The molecule has 0 radical (unpaired) electrons. The Kier molecular flexibility index (Phi) is 5.92. The Morgan fingerprint density at radius 1 is 1.06 bits per heavy atom. The van der Waals surface area contributed by atoms with Crippen LogP contribution in [0.25, 0.3) is 10.9 Å². The molecule has 5 rings (SSSR count). The van der Waals surface area contributed by atoms with Crippen LogP contribution in [0.4, 0.5) is 0 Å². The average molecular weight is 444 g/mol. The van der Waals surface area contributed by atoms with Crippen LogP contribution < -0.4 is 0 Å². The molecule has 1 atom stereocenters. The molecule has 4 heteroatoms. The third-order valence-electron chi connectivity index (χ3n) is 7.66. The molecular weight excluding hydrogens is 410 g/mol. The Balaban J connectivity index is 1.43. The van der Waals surface area contributed by atoms with Gasteiger partial charge in [0.15, 0.2) is 0 Å². The Morgan fingerprint density at radius 2 is 1.78 bits per heavy atom. The smallest absolute Gasteiger partial charge is 0.0965 e. The summed E-state index contributed by atoms with van der Waals surface area (Å²) in [4.78, 5) is 10.9. The molecule has 166 valence electrons. The van der Waals surface area contributed by atoms with Crippen LogP contribution in [0.3, 0.4) is 0 Å². The van der Waals surface area contributed by atoms with Crippen molar-refractivity contribution in [1.82, 2.24) is 14.9 Å². The summed E-state index contributed by atoms with van der Waals surface area (Å²) in [6, 6.07) is 19.8. The van der Waals surface area contributed by atoms with E-state index < -0.39 is 0 Å². The van der Waals surface area contributed by atoms with E-state index in [1.165, 1.54) is 52.7 Å². The number of H-pyrrole nitrogens is 1. The number of rotatable bonds is 6. The molecule has 0 bridgehead atoms. The summed E-state index contributed by atoms with van der Waals surface area (Å²) in [6.45, 7) is 2.12. The van der Waals surface area contributed by atoms with Gasteiger partial charge in [-0.15, -0.1) is 11.3 Å². The summed E-state index contributed by atoms with van der Waals surface area (Å²) < 4.78 is 0. The zero-order valence-electron chi connectivity index (χ0n) is 19.3. The lowest BCUT2D eigenvalue weighted by Crippen LogP contribution is -2.45. The highest BCUT2D eigenvalue weighted by molar-refractivity contribution is 7.09. The SMILES string of the molecule is Cc1csc(C(Cc2c[nH]c3ccccc23)C2CCC(c3ccccc3)(N(C)C)CC2)n1. The van der Waals surface area contributed by atoms with Gasteiger partial charge in [0.05, 0.1) is 5.01 Å². The van der Waals surface area contributed by atoms with Crippen LogP contribution >= 0.6 is 11.3 Å². The van der Waals surface area contributed by atoms with Gasteiger partial charge < -0.3 is 4.98 Å². The van der Waals surface area contributed by atoms with E-state index in [2.05, 4.69) is 97.1 Å². The number of aromatic nitrogens is 2. The number of hydrogen-bond acceptors (Lipinski definition) is 3. The fourth-order valence-corrected chi connectivity index (χ4v) is 6.79. The van der Waals surface area contributed by atoms with Crippen molar-refractivity contribution in [3.05, 3.63) is 88.0 Å². The van der Waals surface area contributed by atoms with Crippen molar-refractivity contribution < 1.29 is 0 Å². The summed E-state index contributed by atoms with van der Waals surface area (Å²) in [6.07, 6.45) is 8.14. The molecule has 2 heterocycles. The van der Waals surface area contributed by atoms with Crippen LogP contribution in [0.5, 0.6) is 0 Å². The predicted octanol–water partition coefficient (Wildman–Crippen LogP) is 6.91. The highest BCUT2D eigenvalue weighted by atomic mass is 32.1. The standard InChI is InChI=1S/C28H33N3S/c1-20-19-32-27(30-20)25(17-22-18-29-26-12-8-7-11-24(22)26)21-13-15-28(16-14-21,31(2)3)23-9-5-4-6-10-23/h4-12,18-19,21,25,29H,13-17H2,1-3H3. The number of benzene rings is 2. The summed E-state index contributed by atoms with van der Waals surface area (Å²) in [5.41, 5.74) is 5.40. The van der Waals surface area contributed by atoms with Gasteiger partial charge in [-0.05, 0) is 76.2 Å². The van der Waals surface area contributed by atoms with E-state index in [0.29, 0.717) is 11.8 Å². The van der Waals surface area contributed by atoms with E-state index >= 15 is 0 Å². The second-order valence-corrected chi connectivity index (χ2v) is 10.5. The molecule has 0 aliphatic heterocycles. The van der Waals surface area contributed by atoms with Gasteiger partial charge in [-0.1, -0.05) is 48.5 Å². The van der Waals surface area contributed by atoms with Gasteiger partial charge >= 0.3 is 0 Å². The van der Waals surface area contributed by atoms with Gasteiger partial charge in [-0.25, -0.2) is 4.98 Å². The van der Waals surface area contributed by atoms with Crippen molar-refractivity contribution in [3.63, 3.8) is 0 Å². The molecule has 0 saturated heterocycles. The molecule has 2 aromatic heterocycles. The second-order valence-electron chi connectivity index (χ2n) is 9.63. The van der Waals surface area contributed by atoms with Gasteiger partial charge in [0.2, 0.25) is 0 Å². The maximum atomic E-state index is 4.97. The van der Waals surface area contributed by atoms with Crippen molar-refractivity contribution in [3.8, 4) is 0 Å². The molecule has 4 aromatic rings. The van der Waals surface area contributed by atoms with Crippen LogP contribution in [0, 0.1) is 12.8 Å². The number of nitrogens with one attached hydrogen (secondary N) is 1. The van der Waals surface area contributed by atoms with Crippen LogP contribution in [0.2, 0.25) is 0 Å². The number of aromatic amines is 1. The predicted molar refractivity (Wildman–Crippen MR) is 135 cm³/mol. The zero-order chi connectivity index (χ0) is 22.1. The number of para-hydroxylation sites is 1. The third-order valence-corrected chi connectivity index (χ3v) is 8.76. The van der Waals surface area contributed by atoms with Crippen molar-refractivity contribution in [2.24, 2.45) is 5.92 Å². The molecule has 2 aromatic carbocycles. The number of nitrogens with zero attached hydrogens (tertiary/aromatic N) is 2. The molecule has 1 saturated carbocycles. The third kappa shape index (κ3) is 3.91. The van der Waals surface area contributed by atoms with E-state index in [1.807, 2.05) is 11.3 Å². The number of hydrogen-bond donors (Lipinski definition) is 1. The van der Waals surface area contributed by atoms with Crippen molar-refractivity contribution >= 4 is 22.2 Å². The highest BCUT2D eigenvalue weighted by Gasteiger charge is 2.41. The monoisotopic (exact) mass is 443 g/mol. The molecule has 1 aliphatic rings. The van der Waals surface area contributed by atoms with Gasteiger partial charge in [0, 0.05) is 39.6 Å². The lowest BCUT2D eigenvalue weighted by molar-refractivity contribution is 0.0704. The van der Waals surface area contributed by atoms with E-state index in [0.717, 1.165) is 12.1 Å². The first-order valence-corrected chi connectivity index (χ1v) is 12.6. The normalized spacial score (nSPS) is 22.4.